The molecule has 102 valence electrons. The summed E-state index contributed by atoms with van der Waals surface area (Å²) in [6.07, 6.45) is -0.593. The molecule has 0 bridgehead atoms. The molecule has 1 atom stereocenters. The topological polar surface area (TPSA) is 133 Å². The number of carbonyl (C=O) groups is 1. The van der Waals surface area contributed by atoms with Crippen molar-refractivity contribution in [1.29, 1.82) is 5.26 Å². The van der Waals surface area contributed by atoms with Gasteiger partial charge in [0.15, 0.2) is 15.6 Å². The molecule has 0 amide bonds. The van der Waals surface area contributed by atoms with Crippen molar-refractivity contribution in [3.63, 3.8) is 0 Å². The highest BCUT2D eigenvalue weighted by Crippen LogP contribution is 2.19. The Labute approximate surface area is 105 Å². The average molecular weight is 296 g/mol. The lowest BCUT2D eigenvalue weighted by atomic mass is 10.2. The number of sulfonamides is 1. The minimum absolute atomic E-state index is 0.301. The number of hydrogen-bond donors (Lipinski definition) is 1. The fourth-order valence-electron chi connectivity index (χ4n) is 1.76. The number of aliphatic carboxylic acids is 1. The van der Waals surface area contributed by atoms with Crippen molar-refractivity contribution in [2.24, 2.45) is 0 Å². The van der Waals surface area contributed by atoms with Crippen LogP contribution < -0.4 is 0 Å². The van der Waals surface area contributed by atoms with Gasteiger partial charge in [0.2, 0.25) is 10.0 Å². The van der Waals surface area contributed by atoms with Gasteiger partial charge in [-0.2, -0.15) is 9.57 Å². The van der Waals surface area contributed by atoms with E-state index in [0.717, 1.165) is 4.31 Å². The van der Waals surface area contributed by atoms with Crippen LogP contribution in [0.15, 0.2) is 0 Å². The Hall–Kier alpha value is -1.18. The first-order chi connectivity index (χ1) is 8.18. The molecule has 1 unspecified atom stereocenters. The van der Waals surface area contributed by atoms with Gasteiger partial charge < -0.3 is 5.11 Å². The van der Waals surface area contributed by atoms with Crippen molar-refractivity contribution in [2.75, 3.05) is 23.8 Å². The molecule has 8 nitrogen and oxygen atoms in total. The number of nitriles is 1. The highest BCUT2D eigenvalue weighted by atomic mass is 32.2. The van der Waals surface area contributed by atoms with Crippen molar-refractivity contribution in [3.8, 4) is 6.07 Å². The number of rotatable bonds is 4. The van der Waals surface area contributed by atoms with Crippen LogP contribution in [0.4, 0.5) is 0 Å². The van der Waals surface area contributed by atoms with E-state index in [-0.39, 0.29) is 12.3 Å². The summed E-state index contributed by atoms with van der Waals surface area (Å²) in [4.78, 5) is 10.6. The zero-order valence-corrected chi connectivity index (χ0v) is 10.9. The quantitative estimate of drug-likeness (QED) is 0.661. The molecule has 0 aromatic rings. The third-order valence-corrected chi connectivity index (χ3v) is 5.88. The third-order valence-electron chi connectivity index (χ3n) is 2.49. The monoisotopic (exact) mass is 296 g/mol. The van der Waals surface area contributed by atoms with Crippen molar-refractivity contribution in [2.45, 2.75) is 12.5 Å². The van der Waals surface area contributed by atoms with Crippen LogP contribution in [0.2, 0.25) is 0 Å². The third kappa shape index (κ3) is 3.66. The largest absolute Gasteiger partial charge is 0.481 e. The van der Waals surface area contributed by atoms with Crippen LogP contribution in [-0.2, 0) is 24.7 Å². The maximum atomic E-state index is 11.7. The number of carboxylic acid groups (broad SMARTS) is 1. The van der Waals surface area contributed by atoms with Crippen molar-refractivity contribution >= 4 is 25.8 Å². The summed E-state index contributed by atoms with van der Waals surface area (Å²) in [6.45, 7) is -0.301. The minimum atomic E-state index is -3.93. The van der Waals surface area contributed by atoms with Crippen molar-refractivity contribution in [1.82, 2.24) is 4.31 Å². The van der Waals surface area contributed by atoms with Crippen LogP contribution in [-0.4, -0.2) is 62.1 Å². The first-order valence-corrected chi connectivity index (χ1v) is 8.40. The molecule has 0 aromatic heterocycles. The Bertz CT molecular complexity index is 573. The SMILES string of the molecule is N#CCS(=O)(=O)N1CCS(=O)(=O)CC1CC(=O)O. The van der Waals surface area contributed by atoms with E-state index in [1.807, 2.05) is 0 Å². The smallest absolute Gasteiger partial charge is 0.305 e. The molecular weight excluding hydrogens is 284 g/mol. The zero-order valence-electron chi connectivity index (χ0n) is 9.31. The first-order valence-electron chi connectivity index (χ1n) is 4.96. The van der Waals surface area contributed by atoms with Gasteiger partial charge in [-0.15, -0.1) is 0 Å². The summed E-state index contributed by atoms with van der Waals surface area (Å²) >= 11 is 0. The van der Waals surface area contributed by atoms with Crippen LogP contribution in [0.25, 0.3) is 0 Å². The fourth-order valence-corrected chi connectivity index (χ4v) is 4.80. The molecule has 0 radical (unpaired) electrons. The van der Waals surface area contributed by atoms with E-state index < -0.39 is 49.8 Å². The van der Waals surface area contributed by atoms with Crippen LogP contribution in [0.3, 0.4) is 0 Å². The Morgan fingerprint density at radius 2 is 2.11 bits per heavy atom. The molecule has 0 aromatic carbocycles. The predicted octanol–water partition coefficient (Wildman–Crippen LogP) is -1.59. The lowest BCUT2D eigenvalue weighted by Gasteiger charge is -2.32. The highest BCUT2D eigenvalue weighted by Gasteiger charge is 2.38. The standard InChI is InChI=1S/C8H12N2O6S2/c9-1-3-18(15,16)10-2-4-17(13,14)6-7(10)5-8(11)12/h7H,2-6H2,(H,11,12). The second-order valence-electron chi connectivity index (χ2n) is 3.89. The molecule has 1 saturated heterocycles. The molecule has 1 aliphatic rings. The zero-order chi connectivity index (χ0) is 14.0. The van der Waals surface area contributed by atoms with E-state index in [1.54, 1.807) is 0 Å². The number of hydrogen-bond acceptors (Lipinski definition) is 6. The number of sulfone groups is 1. The van der Waals surface area contributed by atoms with E-state index in [0.29, 0.717) is 0 Å². The van der Waals surface area contributed by atoms with Crippen LogP contribution in [0, 0.1) is 11.3 Å². The molecule has 18 heavy (non-hydrogen) atoms. The van der Waals surface area contributed by atoms with Gasteiger partial charge in [0.05, 0.1) is 24.0 Å². The second kappa shape index (κ2) is 5.21. The van der Waals surface area contributed by atoms with E-state index in [9.17, 15) is 21.6 Å². The van der Waals surface area contributed by atoms with Gasteiger partial charge in [-0.25, -0.2) is 16.8 Å². The molecule has 1 fully saturated rings. The number of nitrogens with zero attached hydrogens (tertiary/aromatic N) is 2. The lowest BCUT2D eigenvalue weighted by molar-refractivity contribution is -0.137. The van der Waals surface area contributed by atoms with E-state index in [4.69, 9.17) is 10.4 Å². The lowest BCUT2D eigenvalue weighted by Crippen LogP contribution is -2.52. The molecule has 1 N–H and O–H groups in total. The Kier molecular flexibility index (Phi) is 4.31. The average Bonchev–Trinajstić information content (AvgIpc) is 2.13. The van der Waals surface area contributed by atoms with Crippen LogP contribution in [0.5, 0.6) is 0 Å². The Morgan fingerprint density at radius 1 is 1.50 bits per heavy atom. The van der Waals surface area contributed by atoms with Gasteiger partial charge in [-0.05, 0) is 0 Å². The maximum absolute atomic E-state index is 11.7. The van der Waals surface area contributed by atoms with Crippen molar-refractivity contribution in [3.05, 3.63) is 0 Å². The normalized spacial score (nSPS) is 24.3. The molecule has 1 rings (SSSR count). The second-order valence-corrected chi connectivity index (χ2v) is 8.04. The summed E-state index contributed by atoms with van der Waals surface area (Å²) in [7, 11) is -7.37. The summed E-state index contributed by atoms with van der Waals surface area (Å²) in [5, 5.41) is 17.1. The van der Waals surface area contributed by atoms with Crippen LogP contribution >= 0.6 is 0 Å². The van der Waals surface area contributed by atoms with Gasteiger partial charge >= 0.3 is 5.97 Å². The molecule has 1 heterocycles. The fraction of sp³-hybridized carbons (Fsp3) is 0.750. The molecule has 1 aliphatic heterocycles. The van der Waals surface area contributed by atoms with E-state index >= 15 is 0 Å². The number of carboxylic acids is 1. The predicted molar refractivity (Wildman–Crippen MR) is 60.8 cm³/mol. The summed E-state index contributed by atoms with van der Waals surface area (Å²) < 4.78 is 47.0. The van der Waals surface area contributed by atoms with Gasteiger partial charge in [0.1, 0.15) is 0 Å². The Morgan fingerprint density at radius 3 is 2.61 bits per heavy atom. The van der Waals surface area contributed by atoms with Gasteiger partial charge in [0.25, 0.3) is 0 Å². The van der Waals surface area contributed by atoms with E-state index in [1.165, 1.54) is 6.07 Å². The first kappa shape index (κ1) is 14.9. The summed E-state index contributed by atoms with van der Waals surface area (Å²) in [5.41, 5.74) is 0. The summed E-state index contributed by atoms with van der Waals surface area (Å²) in [6, 6.07) is 0.334. The molecule has 0 saturated carbocycles. The molecule has 0 aliphatic carbocycles. The highest BCUT2D eigenvalue weighted by molar-refractivity contribution is 7.92. The molecule has 10 heteroatoms. The molecule has 0 spiro atoms. The van der Waals surface area contributed by atoms with Gasteiger partial charge in [-0.3, -0.25) is 4.79 Å². The van der Waals surface area contributed by atoms with E-state index in [2.05, 4.69) is 0 Å². The minimum Gasteiger partial charge on any atom is -0.481 e. The van der Waals surface area contributed by atoms with Crippen molar-refractivity contribution < 1.29 is 26.7 Å². The van der Waals surface area contributed by atoms with Gasteiger partial charge in [-0.1, -0.05) is 0 Å². The Balaban J connectivity index is 3.03. The van der Waals surface area contributed by atoms with Crippen LogP contribution in [0.1, 0.15) is 6.42 Å². The molecular formula is C8H12N2O6S2. The maximum Gasteiger partial charge on any atom is 0.305 e. The summed E-state index contributed by atoms with van der Waals surface area (Å²) in [5.74, 6) is -2.95. The van der Waals surface area contributed by atoms with Gasteiger partial charge in [0, 0.05) is 12.6 Å².